The minimum Gasteiger partial charge on any atom is -0.468 e. The summed E-state index contributed by atoms with van der Waals surface area (Å²) in [5.41, 5.74) is 1.18. The van der Waals surface area contributed by atoms with E-state index in [1.807, 2.05) is 30.3 Å². The molecule has 8 nitrogen and oxygen atoms in total. The van der Waals surface area contributed by atoms with E-state index in [1.54, 1.807) is 5.38 Å². The first-order valence-electron chi connectivity index (χ1n) is 7.80. The molecule has 1 aromatic heterocycles. The standard InChI is InChI=1S/C18H18N2O6S/c1-24-15(21)9-8-13(16(22)25-2)14-11-27-17(19-14)20-18(23)26-10-12-6-4-3-5-7-12/h3-9,11,13H,10H2,1-2H3,(H,19,20,23)/b9-8+. The molecule has 1 aromatic carbocycles. The van der Waals surface area contributed by atoms with Gasteiger partial charge in [0.05, 0.1) is 19.9 Å². The van der Waals surface area contributed by atoms with Gasteiger partial charge in [-0.05, 0) is 5.56 Å². The minimum absolute atomic E-state index is 0.123. The summed E-state index contributed by atoms with van der Waals surface area (Å²) in [6.45, 7) is 0.123. The second-order valence-electron chi connectivity index (χ2n) is 5.15. The highest BCUT2D eigenvalue weighted by Gasteiger charge is 2.22. The van der Waals surface area contributed by atoms with Crippen molar-refractivity contribution in [2.75, 3.05) is 19.5 Å². The molecule has 0 aliphatic carbocycles. The molecule has 2 rings (SSSR count). The van der Waals surface area contributed by atoms with Crippen LogP contribution < -0.4 is 5.32 Å². The van der Waals surface area contributed by atoms with Gasteiger partial charge in [-0.2, -0.15) is 0 Å². The number of carbonyl (C=O) groups excluding carboxylic acids is 3. The average molecular weight is 390 g/mol. The molecule has 9 heteroatoms. The number of carbonyl (C=O) groups is 3. The molecule has 1 amide bonds. The van der Waals surface area contributed by atoms with Crippen LogP contribution in [0.25, 0.3) is 0 Å². The van der Waals surface area contributed by atoms with Gasteiger partial charge in [0.15, 0.2) is 5.13 Å². The van der Waals surface area contributed by atoms with Gasteiger partial charge in [-0.3, -0.25) is 10.1 Å². The molecule has 1 atom stereocenters. The lowest BCUT2D eigenvalue weighted by molar-refractivity contribution is -0.141. The van der Waals surface area contributed by atoms with E-state index in [-0.39, 0.29) is 11.7 Å². The number of esters is 2. The number of ether oxygens (including phenoxy) is 3. The third-order valence-electron chi connectivity index (χ3n) is 3.34. The lowest BCUT2D eigenvalue weighted by Crippen LogP contribution is -2.15. The van der Waals surface area contributed by atoms with Crippen molar-refractivity contribution in [3.63, 3.8) is 0 Å². The van der Waals surface area contributed by atoms with Crippen LogP contribution in [0.2, 0.25) is 0 Å². The van der Waals surface area contributed by atoms with Crippen LogP contribution in [0.1, 0.15) is 17.2 Å². The van der Waals surface area contributed by atoms with E-state index in [0.29, 0.717) is 5.69 Å². The molecule has 1 unspecified atom stereocenters. The number of aromatic nitrogens is 1. The summed E-state index contributed by atoms with van der Waals surface area (Å²) in [5, 5.41) is 4.33. The van der Waals surface area contributed by atoms with E-state index in [4.69, 9.17) is 9.47 Å². The maximum absolute atomic E-state index is 11.9. The van der Waals surface area contributed by atoms with Crippen molar-refractivity contribution >= 4 is 34.5 Å². The molecule has 0 saturated carbocycles. The fourth-order valence-corrected chi connectivity index (χ4v) is 2.73. The highest BCUT2D eigenvalue weighted by molar-refractivity contribution is 7.13. The van der Waals surface area contributed by atoms with Crippen LogP contribution in [0.15, 0.2) is 47.9 Å². The zero-order chi connectivity index (χ0) is 19.6. The number of hydrogen-bond donors (Lipinski definition) is 1. The number of rotatable bonds is 7. The third-order valence-corrected chi connectivity index (χ3v) is 4.12. The summed E-state index contributed by atoms with van der Waals surface area (Å²) in [4.78, 5) is 39.2. The molecule has 1 N–H and O–H groups in total. The first-order chi connectivity index (χ1) is 13.0. The molecular weight excluding hydrogens is 372 g/mol. The van der Waals surface area contributed by atoms with Gasteiger partial charge in [0.25, 0.3) is 0 Å². The van der Waals surface area contributed by atoms with E-state index in [0.717, 1.165) is 23.0 Å². The van der Waals surface area contributed by atoms with E-state index in [2.05, 4.69) is 15.0 Å². The summed E-state index contributed by atoms with van der Waals surface area (Å²) in [7, 11) is 2.46. The SMILES string of the molecule is COC(=O)/C=C/C(C(=O)OC)c1csc(NC(=O)OCc2ccccc2)n1. The molecule has 2 aromatic rings. The maximum Gasteiger partial charge on any atom is 0.413 e. The predicted molar refractivity (Wildman–Crippen MR) is 98.3 cm³/mol. The van der Waals surface area contributed by atoms with Crippen LogP contribution in [-0.4, -0.2) is 37.2 Å². The van der Waals surface area contributed by atoms with Crippen molar-refractivity contribution in [2.45, 2.75) is 12.5 Å². The van der Waals surface area contributed by atoms with E-state index < -0.39 is 23.9 Å². The van der Waals surface area contributed by atoms with Crippen LogP contribution in [0, 0.1) is 0 Å². The van der Waals surface area contributed by atoms with Crippen molar-refractivity contribution < 1.29 is 28.6 Å². The molecule has 0 spiro atoms. The predicted octanol–water partition coefficient (Wildman–Crippen LogP) is 2.88. The van der Waals surface area contributed by atoms with E-state index >= 15 is 0 Å². The quantitative estimate of drug-likeness (QED) is 0.440. The van der Waals surface area contributed by atoms with Crippen LogP contribution in [0.5, 0.6) is 0 Å². The third kappa shape index (κ3) is 6.23. The average Bonchev–Trinajstić information content (AvgIpc) is 3.14. The Morgan fingerprint density at radius 3 is 2.59 bits per heavy atom. The van der Waals surface area contributed by atoms with Crippen LogP contribution >= 0.6 is 11.3 Å². The lowest BCUT2D eigenvalue weighted by atomic mass is 10.1. The first-order valence-corrected chi connectivity index (χ1v) is 8.68. The number of hydrogen-bond acceptors (Lipinski definition) is 8. The van der Waals surface area contributed by atoms with Gasteiger partial charge >= 0.3 is 18.0 Å². The van der Waals surface area contributed by atoms with E-state index in [1.165, 1.54) is 20.3 Å². The Morgan fingerprint density at radius 1 is 1.19 bits per heavy atom. The molecule has 27 heavy (non-hydrogen) atoms. The fraction of sp³-hybridized carbons (Fsp3) is 0.222. The number of thiazole rings is 1. The first kappa shape index (κ1) is 20.1. The second kappa shape index (κ2) is 10.1. The largest absolute Gasteiger partial charge is 0.468 e. The molecule has 0 aliphatic rings. The number of nitrogens with one attached hydrogen (secondary N) is 1. The number of nitrogens with zero attached hydrogens (tertiary/aromatic N) is 1. The van der Waals surface area contributed by atoms with Gasteiger partial charge in [0, 0.05) is 11.5 Å². The normalized spacial score (nSPS) is 11.6. The van der Waals surface area contributed by atoms with E-state index in [9.17, 15) is 14.4 Å². The number of methoxy groups -OCH3 is 2. The highest BCUT2D eigenvalue weighted by atomic mass is 32.1. The Labute approximate surface area is 159 Å². The van der Waals surface area contributed by atoms with Crippen molar-refractivity contribution in [3.05, 3.63) is 59.1 Å². The zero-order valence-electron chi connectivity index (χ0n) is 14.7. The number of anilines is 1. The minimum atomic E-state index is -0.902. The topological polar surface area (TPSA) is 104 Å². The Balaban J connectivity index is 2.00. The Morgan fingerprint density at radius 2 is 1.93 bits per heavy atom. The molecule has 0 aliphatic heterocycles. The molecule has 0 saturated heterocycles. The summed E-state index contributed by atoms with van der Waals surface area (Å²) in [5.74, 6) is -2.11. The van der Waals surface area contributed by atoms with Crippen molar-refractivity contribution in [1.82, 2.24) is 4.98 Å². The maximum atomic E-state index is 11.9. The van der Waals surface area contributed by atoms with Gasteiger partial charge in [-0.15, -0.1) is 11.3 Å². The molecule has 0 bridgehead atoms. The number of amides is 1. The lowest BCUT2D eigenvalue weighted by Gasteiger charge is -2.07. The Hall–Kier alpha value is -3.20. The fourth-order valence-electron chi connectivity index (χ4n) is 2.00. The van der Waals surface area contributed by atoms with Crippen molar-refractivity contribution in [3.8, 4) is 0 Å². The smallest absolute Gasteiger partial charge is 0.413 e. The molecule has 1 heterocycles. The summed E-state index contributed by atoms with van der Waals surface area (Å²) in [6.07, 6.45) is 1.77. The number of benzene rings is 1. The van der Waals surface area contributed by atoms with Gasteiger partial charge in [-0.25, -0.2) is 14.6 Å². The second-order valence-corrected chi connectivity index (χ2v) is 6.01. The summed E-state index contributed by atoms with van der Waals surface area (Å²) in [6, 6.07) is 9.23. The van der Waals surface area contributed by atoms with Crippen LogP contribution in [-0.2, 0) is 30.4 Å². The van der Waals surface area contributed by atoms with Gasteiger partial charge in [0.1, 0.15) is 12.5 Å². The van der Waals surface area contributed by atoms with Gasteiger partial charge < -0.3 is 14.2 Å². The molecular formula is C18H18N2O6S. The molecule has 142 valence electrons. The van der Waals surface area contributed by atoms with Crippen LogP contribution in [0.3, 0.4) is 0 Å². The summed E-state index contributed by atoms with van der Waals surface area (Å²) < 4.78 is 14.3. The highest BCUT2D eigenvalue weighted by Crippen LogP contribution is 2.24. The monoisotopic (exact) mass is 390 g/mol. The Kier molecular flexibility index (Phi) is 7.50. The Bertz CT molecular complexity index is 818. The van der Waals surface area contributed by atoms with Crippen LogP contribution in [0.4, 0.5) is 9.93 Å². The summed E-state index contributed by atoms with van der Waals surface area (Å²) >= 11 is 1.11. The molecule has 0 fully saturated rings. The van der Waals surface area contributed by atoms with Gasteiger partial charge in [-0.1, -0.05) is 36.4 Å². The van der Waals surface area contributed by atoms with Crippen molar-refractivity contribution in [2.24, 2.45) is 0 Å². The zero-order valence-corrected chi connectivity index (χ0v) is 15.5. The van der Waals surface area contributed by atoms with Gasteiger partial charge in [0.2, 0.25) is 0 Å². The molecule has 0 radical (unpaired) electrons. The van der Waals surface area contributed by atoms with Crippen molar-refractivity contribution in [1.29, 1.82) is 0 Å².